The number of carbonyl (C=O) groups excluding carboxylic acids is 2. The Morgan fingerprint density at radius 1 is 1.05 bits per heavy atom. The molecule has 0 unspecified atom stereocenters. The molecule has 1 aliphatic rings. The van der Waals surface area contributed by atoms with Crippen molar-refractivity contribution >= 4 is 22.7 Å². The summed E-state index contributed by atoms with van der Waals surface area (Å²) in [5.74, 6) is 1.21. The third kappa shape index (κ3) is 4.84. The highest BCUT2D eigenvalue weighted by molar-refractivity contribution is 6.02. The smallest absolute Gasteiger partial charge is 0.255 e. The van der Waals surface area contributed by atoms with E-state index in [1.807, 2.05) is 65.6 Å². The Hall–Kier alpha value is -4.06. The monoisotopic (exact) mass is 495 g/mol. The van der Waals surface area contributed by atoms with Crippen LogP contribution in [0.5, 0.6) is 5.75 Å². The van der Waals surface area contributed by atoms with Gasteiger partial charge in [0, 0.05) is 47.1 Å². The van der Waals surface area contributed by atoms with Gasteiger partial charge < -0.3 is 19.9 Å². The summed E-state index contributed by atoms with van der Waals surface area (Å²) in [6.45, 7) is 5.26. The van der Waals surface area contributed by atoms with E-state index >= 15 is 0 Å². The Morgan fingerprint density at radius 3 is 2.65 bits per heavy atom. The first kappa shape index (κ1) is 24.6. The molecule has 6 nitrogen and oxygen atoms in total. The van der Waals surface area contributed by atoms with Gasteiger partial charge in [0.15, 0.2) is 0 Å². The number of hydrogen-bond donors (Lipinski definition) is 2. The normalized spacial score (nSPS) is 14.9. The largest absolute Gasteiger partial charge is 0.497 e. The molecule has 190 valence electrons. The molecular weight excluding hydrogens is 462 g/mol. The summed E-state index contributed by atoms with van der Waals surface area (Å²) in [4.78, 5) is 31.8. The van der Waals surface area contributed by atoms with Crippen LogP contribution in [-0.2, 0) is 4.79 Å². The molecule has 2 heterocycles. The zero-order valence-corrected chi connectivity index (χ0v) is 21.6. The maximum atomic E-state index is 13.7. The first-order valence-corrected chi connectivity index (χ1v) is 12.9. The number of nitrogens with one attached hydrogen (secondary N) is 2. The van der Waals surface area contributed by atoms with E-state index in [0.717, 1.165) is 45.5 Å². The third-order valence-electron chi connectivity index (χ3n) is 7.06. The van der Waals surface area contributed by atoms with Crippen LogP contribution in [0, 0.1) is 5.92 Å². The second-order valence-corrected chi connectivity index (χ2v) is 9.96. The van der Waals surface area contributed by atoms with Crippen LogP contribution in [-0.4, -0.2) is 41.9 Å². The summed E-state index contributed by atoms with van der Waals surface area (Å²) < 4.78 is 5.50. The number of hydrogen-bond acceptors (Lipinski definition) is 3. The predicted octanol–water partition coefficient (Wildman–Crippen LogP) is 5.94. The molecule has 0 aliphatic carbocycles. The summed E-state index contributed by atoms with van der Waals surface area (Å²) >= 11 is 0. The minimum Gasteiger partial charge on any atom is -0.497 e. The van der Waals surface area contributed by atoms with Gasteiger partial charge in [-0.2, -0.15) is 0 Å². The summed E-state index contributed by atoms with van der Waals surface area (Å²) in [7, 11) is 1.66. The van der Waals surface area contributed by atoms with Crippen molar-refractivity contribution in [3.63, 3.8) is 0 Å². The Kier molecular flexibility index (Phi) is 6.99. The number of methoxy groups -OCH3 is 1. The maximum absolute atomic E-state index is 13.7. The average molecular weight is 496 g/mol. The topological polar surface area (TPSA) is 74.4 Å². The molecule has 37 heavy (non-hydrogen) atoms. The third-order valence-corrected chi connectivity index (χ3v) is 7.06. The summed E-state index contributed by atoms with van der Waals surface area (Å²) in [6, 6.07) is 23.6. The molecule has 1 aliphatic heterocycles. The number of para-hydroxylation sites is 1. The molecule has 6 heteroatoms. The Labute approximate surface area is 217 Å². The van der Waals surface area contributed by atoms with Gasteiger partial charge in [0.1, 0.15) is 5.75 Å². The number of aromatic nitrogens is 1. The van der Waals surface area contributed by atoms with E-state index in [9.17, 15) is 9.59 Å². The van der Waals surface area contributed by atoms with Crippen molar-refractivity contribution in [2.24, 2.45) is 5.92 Å². The molecule has 2 amide bonds. The Morgan fingerprint density at radius 2 is 1.84 bits per heavy atom. The minimum atomic E-state index is -0.315. The highest BCUT2D eigenvalue weighted by atomic mass is 16.5. The van der Waals surface area contributed by atoms with E-state index < -0.39 is 0 Å². The van der Waals surface area contributed by atoms with Crippen molar-refractivity contribution in [3.05, 3.63) is 89.5 Å². The lowest BCUT2D eigenvalue weighted by Crippen LogP contribution is -2.34. The lowest BCUT2D eigenvalue weighted by molar-refractivity contribution is -0.121. The van der Waals surface area contributed by atoms with E-state index in [-0.39, 0.29) is 24.3 Å². The number of nitrogens with zero attached hydrogens (tertiary/aromatic N) is 1. The molecular formula is C31H33N3O3. The standard InChI is InChI=1S/C31H33N3O3/c1-20(2)15-17-32-27(35)16-18-34-30(23-11-4-5-12-24(23)31(34)36)28-25-13-6-7-14-26(25)33-29(28)21-9-8-10-22(19-21)37-3/h4-14,19-20,30,33H,15-18H2,1-3H3,(H,32,35)/t30-/m1/s1. The van der Waals surface area contributed by atoms with E-state index in [4.69, 9.17) is 4.74 Å². The summed E-state index contributed by atoms with van der Waals surface area (Å²) in [6.07, 6.45) is 1.19. The van der Waals surface area contributed by atoms with Gasteiger partial charge in [-0.05, 0) is 42.2 Å². The van der Waals surface area contributed by atoms with E-state index in [2.05, 4.69) is 36.3 Å². The van der Waals surface area contributed by atoms with E-state index in [0.29, 0.717) is 24.6 Å². The lowest BCUT2D eigenvalue weighted by atomic mass is 9.93. The van der Waals surface area contributed by atoms with Gasteiger partial charge in [0.25, 0.3) is 5.91 Å². The first-order chi connectivity index (χ1) is 18.0. The molecule has 4 aromatic rings. The molecule has 2 N–H and O–H groups in total. The highest BCUT2D eigenvalue weighted by Crippen LogP contribution is 2.45. The van der Waals surface area contributed by atoms with Crippen molar-refractivity contribution in [2.75, 3.05) is 20.2 Å². The van der Waals surface area contributed by atoms with Crippen molar-refractivity contribution in [1.82, 2.24) is 15.2 Å². The molecule has 0 radical (unpaired) electrons. The first-order valence-electron chi connectivity index (χ1n) is 12.9. The van der Waals surface area contributed by atoms with Crippen LogP contribution in [0.1, 0.15) is 54.2 Å². The molecule has 5 rings (SSSR count). The molecule has 0 spiro atoms. The van der Waals surface area contributed by atoms with Crippen molar-refractivity contribution < 1.29 is 14.3 Å². The zero-order valence-electron chi connectivity index (χ0n) is 21.6. The molecule has 0 bridgehead atoms. The predicted molar refractivity (Wildman–Crippen MR) is 147 cm³/mol. The van der Waals surface area contributed by atoms with Crippen LogP contribution in [0.3, 0.4) is 0 Å². The second-order valence-electron chi connectivity index (χ2n) is 9.96. The molecule has 1 aromatic heterocycles. The van der Waals surface area contributed by atoms with Crippen LogP contribution in [0.15, 0.2) is 72.8 Å². The SMILES string of the molecule is COc1cccc(-c2[nH]c3ccccc3c2[C@H]2c3ccccc3C(=O)N2CCC(=O)NCCC(C)C)c1. The number of aromatic amines is 1. The fraction of sp³-hybridized carbons (Fsp3) is 0.290. The van der Waals surface area contributed by atoms with Crippen LogP contribution < -0.4 is 10.1 Å². The van der Waals surface area contributed by atoms with Crippen molar-refractivity contribution in [1.29, 1.82) is 0 Å². The number of amides is 2. The highest BCUT2D eigenvalue weighted by Gasteiger charge is 2.40. The van der Waals surface area contributed by atoms with E-state index in [1.165, 1.54) is 0 Å². The number of fused-ring (bicyclic) bond motifs is 2. The fourth-order valence-corrected chi connectivity index (χ4v) is 5.18. The number of H-pyrrole nitrogens is 1. The van der Waals surface area contributed by atoms with Crippen LogP contribution >= 0.6 is 0 Å². The molecule has 0 saturated carbocycles. The van der Waals surface area contributed by atoms with Crippen LogP contribution in [0.4, 0.5) is 0 Å². The van der Waals surface area contributed by atoms with Crippen molar-refractivity contribution in [3.8, 4) is 17.0 Å². The molecule has 0 fully saturated rings. The molecule has 3 aromatic carbocycles. The fourth-order valence-electron chi connectivity index (χ4n) is 5.18. The quantitative estimate of drug-likeness (QED) is 0.302. The van der Waals surface area contributed by atoms with Crippen LogP contribution in [0.25, 0.3) is 22.2 Å². The van der Waals surface area contributed by atoms with Gasteiger partial charge in [0.05, 0.1) is 18.8 Å². The minimum absolute atomic E-state index is 0.0323. The Balaban J connectivity index is 1.57. The van der Waals surface area contributed by atoms with Gasteiger partial charge in [-0.1, -0.05) is 62.4 Å². The summed E-state index contributed by atoms with van der Waals surface area (Å²) in [5.41, 5.74) is 5.60. The lowest BCUT2D eigenvalue weighted by Gasteiger charge is -2.26. The zero-order chi connectivity index (χ0) is 25.9. The van der Waals surface area contributed by atoms with Crippen molar-refractivity contribution in [2.45, 2.75) is 32.7 Å². The number of rotatable bonds is 9. The number of benzene rings is 3. The van der Waals surface area contributed by atoms with E-state index in [1.54, 1.807) is 7.11 Å². The van der Waals surface area contributed by atoms with Gasteiger partial charge in [0.2, 0.25) is 5.91 Å². The second kappa shape index (κ2) is 10.5. The van der Waals surface area contributed by atoms with Gasteiger partial charge >= 0.3 is 0 Å². The number of carbonyl (C=O) groups is 2. The molecule has 1 atom stereocenters. The average Bonchev–Trinajstić information content (AvgIpc) is 3.42. The van der Waals surface area contributed by atoms with Gasteiger partial charge in [-0.25, -0.2) is 0 Å². The number of ether oxygens (including phenoxy) is 1. The molecule has 0 saturated heterocycles. The summed E-state index contributed by atoms with van der Waals surface area (Å²) in [5, 5.41) is 4.06. The van der Waals surface area contributed by atoms with Gasteiger partial charge in [-0.3, -0.25) is 9.59 Å². The van der Waals surface area contributed by atoms with Crippen LogP contribution in [0.2, 0.25) is 0 Å². The maximum Gasteiger partial charge on any atom is 0.255 e. The van der Waals surface area contributed by atoms with Gasteiger partial charge in [-0.15, -0.1) is 0 Å². The Bertz CT molecular complexity index is 1440.